The van der Waals surface area contributed by atoms with Gasteiger partial charge in [0.15, 0.2) is 0 Å². The fraction of sp³-hybridized carbons (Fsp3) is 0.417. The van der Waals surface area contributed by atoms with Crippen LogP contribution in [0.25, 0.3) is 0 Å². The molecule has 0 atom stereocenters. The van der Waals surface area contributed by atoms with E-state index in [-0.39, 0.29) is 6.10 Å². The van der Waals surface area contributed by atoms with E-state index in [4.69, 9.17) is 27.3 Å². The van der Waals surface area contributed by atoms with Crippen LogP contribution in [0.4, 0.5) is 0 Å². The average Bonchev–Trinajstić information content (AvgIpc) is 2.24. The van der Waals surface area contributed by atoms with Gasteiger partial charge >= 0.3 is 0 Å². The average molecular weight is 237 g/mol. The number of rotatable bonds is 3. The minimum absolute atomic E-state index is 0.196. The Kier molecular flexibility index (Phi) is 3.33. The van der Waals surface area contributed by atoms with Crippen LogP contribution in [0.1, 0.15) is 18.4 Å². The number of nitriles is 1. The minimum atomic E-state index is 0.196. The van der Waals surface area contributed by atoms with E-state index in [1.165, 1.54) is 0 Å². The summed E-state index contributed by atoms with van der Waals surface area (Å²) in [5, 5.41) is 9.49. The highest BCUT2D eigenvalue weighted by atomic mass is 35.5. The molecule has 0 bridgehead atoms. The van der Waals surface area contributed by atoms with E-state index in [2.05, 4.69) is 6.07 Å². The lowest BCUT2D eigenvalue weighted by Crippen LogP contribution is -2.37. The van der Waals surface area contributed by atoms with Gasteiger partial charge in [-0.25, -0.2) is 0 Å². The molecule has 4 heteroatoms. The van der Waals surface area contributed by atoms with Gasteiger partial charge in [-0.1, -0.05) is 11.6 Å². The lowest BCUT2D eigenvalue weighted by Gasteiger charge is -2.34. The summed E-state index contributed by atoms with van der Waals surface area (Å²) in [5.41, 5.74) is 6.03. The topological polar surface area (TPSA) is 59.0 Å². The van der Waals surface area contributed by atoms with Crippen molar-refractivity contribution >= 4 is 11.6 Å². The smallest absolute Gasteiger partial charge is 0.137 e. The molecule has 1 aromatic rings. The van der Waals surface area contributed by atoms with Crippen LogP contribution in [-0.2, 0) is 0 Å². The number of benzene rings is 1. The zero-order valence-electron chi connectivity index (χ0n) is 8.82. The zero-order chi connectivity index (χ0) is 11.5. The van der Waals surface area contributed by atoms with Crippen molar-refractivity contribution in [2.75, 3.05) is 6.54 Å². The molecule has 84 valence electrons. The van der Waals surface area contributed by atoms with Crippen LogP contribution in [0.15, 0.2) is 18.2 Å². The zero-order valence-corrected chi connectivity index (χ0v) is 9.57. The molecule has 0 saturated heterocycles. The van der Waals surface area contributed by atoms with Gasteiger partial charge in [-0.3, -0.25) is 0 Å². The van der Waals surface area contributed by atoms with Crippen molar-refractivity contribution in [2.24, 2.45) is 11.7 Å². The number of halogens is 1. The Morgan fingerprint density at radius 3 is 2.88 bits per heavy atom. The molecule has 0 aliphatic heterocycles. The Labute approximate surface area is 99.8 Å². The largest absolute Gasteiger partial charge is 0.489 e. The summed E-state index contributed by atoms with van der Waals surface area (Å²) in [6.45, 7) is 0.714. The lowest BCUT2D eigenvalue weighted by atomic mass is 9.82. The summed E-state index contributed by atoms with van der Waals surface area (Å²) < 4.78 is 5.72. The predicted molar refractivity (Wildman–Crippen MR) is 62.4 cm³/mol. The van der Waals surface area contributed by atoms with Gasteiger partial charge in [-0.05, 0) is 43.5 Å². The summed E-state index contributed by atoms with van der Waals surface area (Å²) >= 11 is 5.80. The molecule has 0 heterocycles. The molecule has 16 heavy (non-hydrogen) atoms. The molecule has 0 spiro atoms. The summed E-state index contributed by atoms with van der Waals surface area (Å²) in [6, 6.07) is 7.18. The Morgan fingerprint density at radius 1 is 1.50 bits per heavy atom. The van der Waals surface area contributed by atoms with Crippen LogP contribution in [0.2, 0.25) is 5.02 Å². The molecular weight excluding hydrogens is 224 g/mol. The van der Waals surface area contributed by atoms with Gasteiger partial charge in [0.2, 0.25) is 0 Å². The van der Waals surface area contributed by atoms with Crippen molar-refractivity contribution in [1.82, 2.24) is 0 Å². The standard InChI is InChI=1S/C12H13ClN2O/c13-10-1-2-12(9(5-10)7-15)16-11-3-8(4-11)6-14/h1-2,5,8,11H,3-4,6,14H2. The number of nitrogens with zero attached hydrogens (tertiary/aromatic N) is 1. The second-order valence-electron chi connectivity index (χ2n) is 4.07. The van der Waals surface area contributed by atoms with Gasteiger partial charge in [0.25, 0.3) is 0 Å². The second-order valence-corrected chi connectivity index (χ2v) is 4.50. The highest BCUT2D eigenvalue weighted by Crippen LogP contribution is 2.32. The Balaban J connectivity index is 2.03. The van der Waals surface area contributed by atoms with E-state index in [9.17, 15) is 0 Å². The fourth-order valence-corrected chi connectivity index (χ4v) is 2.01. The molecule has 1 saturated carbocycles. The van der Waals surface area contributed by atoms with E-state index in [1.54, 1.807) is 18.2 Å². The second kappa shape index (κ2) is 4.73. The monoisotopic (exact) mass is 236 g/mol. The normalized spacial score (nSPS) is 23.3. The minimum Gasteiger partial charge on any atom is -0.489 e. The van der Waals surface area contributed by atoms with Gasteiger partial charge in [-0.15, -0.1) is 0 Å². The third-order valence-corrected chi connectivity index (χ3v) is 3.12. The van der Waals surface area contributed by atoms with Gasteiger partial charge in [-0.2, -0.15) is 5.26 Å². The van der Waals surface area contributed by atoms with E-state index in [0.717, 1.165) is 12.8 Å². The molecule has 1 aliphatic rings. The van der Waals surface area contributed by atoms with Crippen molar-refractivity contribution in [3.63, 3.8) is 0 Å². The van der Waals surface area contributed by atoms with Crippen molar-refractivity contribution in [3.8, 4) is 11.8 Å². The van der Waals surface area contributed by atoms with E-state index in [0.29, 0.717) is 28.8 Å². The molecule has 0 amide bonds. The Morgan fingerprint density at radius 2 is 2.25 bits per heavy atom. The van der Waals surface area contributed by atoms with E-state index >= 15 is 0 Å². The highest BCUT2D eigenvalue weighted by Gasteiger charge is 2.30. The van der Waals surface area contributed by atoms with Gasteiger partial charge in [0.1, 0.15) is 11.8 Å². The molecule has 1 aliphatic carbocycles. The van der Waals surface area contributed by atoms with Crippen LogP contribution in [0.3, 0.4) is 0 Å². The summed E-state index contributed by atoms with van der Waals surface area (Å²) in [7, 11) is 0. The van der Waals surface area contributed by atoms with Crippen molar-refractivity contribution in [2.45, 2.75) is 18.9 Å². The fourth-order valence-electron chi connectivity index (χ4n) is 1.84. The maximum Gasteiger partial charge on any atom is 0.137 e. The van der Waals surface area contributed by atoms with Crippen LogP contribution >= 0.6 is 11.6 Å². The maximum atomic E-state index is 8.94. The number of hydrogen-bond donors (Lipinski definition) is 1. The summed E-state index contributed by atoms with van der Waals surface area (Å²) in [6.07, 6.45) is 2.15. The van der Waals surface area contributed by atoms with Crippen LogP contribution in [0, 0.1) is 17.2 Å². The van der Waals surface area contributed by atoms with Crippen molar-refractivity contribution < 1.29 is 4.74 Å². The molecule has 0 aromatic heterocycles. The number of nitrogens with two attached hydrogens (primary N) is 1. The Hall–Kier alpha value is -1.24. The third kappa shape index (κ3) is 2.29. The first-order valence-electron chi connectivity index (χ1n) is 5.29. The van der Waals surface area contributed by atoms with Gasteiger partial charge in [0, 0.05) is 5.02 Å². The highest BCUT2D eigenvalue weighted by molar-refractivity contribution is 6.30. The first kappa shape index (κ1) is 11.3. The van der Waals surface area contributed by atoms with Crippen LogP contribution in [-0.4, -0.2) is 12.6 Å². The quantitative estimate of drug-likeness (QED) is 0.876. The molecule has 2 rings (SSSR count). The van der Waals surface area contributed by atoms with Crippen LogP contribution in [0.5, 0.6) is 5.75 Å². The molecule has 1 aromatic carbocycles. The molecule has 3 nitrogen and oxygen atoms in total. The summed E-state index contributed by atoms with van der Waals surface area (Å²) in [5.74, 6) is 1.19. The first-order chi connectivity index (χ1) is 7.72. The van der Waals surface area contributed by atoms with E-state index in [1.807, 2.05) is 0 Å². The molecule has 0 unspecified atom stereocenters. The van der Waals surface area contributed by atoms with Gasteiger partial charge < -0.3 is 10.5 Å². The number of hydrogen-bond acceptors (Lipinski definition) is 3. The maximum absolute atomic E-state index is 8.94. The van der Waals surface area contributed by atoms with Crippen LogP contribution < -0.4 is 10.5 Å². The Bertz CT molecular complexity index is 422. The van der Waals surface area contributed by atoms with Crippen molar-refractivity contribution in [1.29, 1.82) is 5.26 Å². The predicted octanol–water partition coefficient (Wildman–Crippen LogP) is 2.33. The summed E-state index contributed by atoms with van der Waals surface area (Å²) in [4.78, 5) is 0. The molecule has 1 fully saturated rings. The van der Waals surface area contributed by atoms with Gasteiger partial charge in [0.05, 0.1) is 11.7 Å². The van der Waals surface area contributed by atoms with Crippen molar-refractivity contribution in [3.05, 3.63) is 28.8 Å². The number of ether oxygens (including phenoxy) is 1. The third-order valence-electron chi connectivity index (χ3n) is 2.88. The first-order valence-corrected chi connectivity index (χ1v) is 5.67. The lowest BCUT2D eigenvalue weighted by molar-refractivity contribution is 0.0688. The molecular formula is C12H13ClN2O. The molecule has 2 N–H and O–H groups in total. The van der Waals surface area contributed by atoms with E-state index < -0.39 is 0 Å². The SMILES string of the molecule is N#Cc1cc(Cl)ccc1OC1CC(CN)C1. The molecule has 0 radical (unpaired) electrons.